The molecule has 23 heavy (non-hydrogen) atoms. The lowest BCUT2D eigenvalue weighted by atomic mass is 10.2. The molecule has 0 radical (unpaired) electrons. The molecule has 0 fully saturated rings. The Morgan fingerprint density at radius 1 is 1.13 bits per heavy atom. The summed E-state index contributed by atoms with van der Waals surface area (Å²) in [5, 5.41) is 13.3. The van der Waals surface area contributed by atoms with Crippen LogP contribution in [0, 0.1) is 11.8 Å². The summed E-state index contributed by atoms with van der Waals surface area (Å²) in [6.07, 6.45) is 5.35. The van der Waals surface area contributed by atoms with E-state index in [1.54, 1.807) is 30.5 Å². The van der Waals surface area contributed by atoms with E-state index in [2.05, 4.69) is 27.1 Å². The maximum Gasteiger partial charge on any atom is 0.125 e. The molecule has 2 heterocycles. The molecule has 0 unspecified atom stereocenters. The van der Waals surface area contributed by atoms with Crippen molar-refractivity contribution < 1.29 is 5.11 Å². The number of nitrogens with one attached hydrogen (secondary N) is 1. The molecule has 2 aromatic heterocycles. The van der Waals surface area contributed by atoms with E-state index in [4.69, 9.17) is 0 Å². The van der Waals surface area contributed by atoms with E-state index in [0.717, 1.165) is 28.0 Å². The molecular formula is C19H15N3O. The summed E-state index contributed by atoms with van der Waals surface area (Å²) in [6, 6.07) is 12.7. The third kappa shape index (κ3) is 3.66. The van der Waals surface area contributed by atoms with E-state index in [1.807, 2.05) is 37.4 Å². The summed E-state index contributed by atoms with van der Waals surface area (Å²) in [7, 11) is 1.83. The van der Waals surface area contributed by atoms with Gasteiger partial charge in [-0.3, -0.25) is 0 Å². The predicted octanol–water partition coefficient (Wildman–Crippen LogP) is 3.44. The number of nitrogens with zero attached hydrogens (tertiary/aromatic N) is 2. The Morgan fingerprint density at radius 2 is 2.04 bits per heavy atom. The standard InChI is InChI=1S/C19H15N3O/c1-20-19-11-6-14(13-21-19)4-2-3-5-16-8-7-15-12-17(23)9-10-18(15)22-16/h3,5-13,23H,1H3,(H,20,21)/b5-3+/i1-1. The quantitative estimate of drug-likeness (QED) is 0.712. The lowest BCUT2D eigenvalue weighted by molar-refractivity contribution is 0.476. The molecule has 3 rings (SSSR count). The third-order valence-electron chi connectivity index (χ3n) is 3.27. The Bertz CT molecular complexity index is 919. The number of rotatable bonds is 2. The minimum atomic E-state index is 0.242. The lowest BCUT2D eigenvalue weighted by Crippen LogP contribution is -1.90. The van der Waals surface area contributed by atoms with Gasteiger partial charge in [-0.2, -0.15) is 0 Å². The molecule has 0 aliphatic rings. The first kappa shape index (κ1) is 14.6. The Labute approximate surface area is 134 Å². The zero-order valence-electron chi connectivity index (χ0n) is 12.6. The molecule has 0 bridgehead atoms. The lowest BCUT2D eigenvalue weighted by Gasteiger charge is -1.99. The van der Waals surface area contributed by atoms with Crippen molar-refractivity contribution in [3.8, 4) is 17.6 Å². The van der Waals surface area contributed by atoms with Gasteiger partial charge in [-0.1, -0.05) is 17.9 Å². The van der Waals surface area contributed by atoms with Gasteiger partial charge in [-0.25, -0.2) is 9.97 Å². The molecule has 4 heteroatoms. The second kappa shape index (κ2) is 6.63. The van der Waals surface area contributed by atoms with Crippen LogP contribution in [-0.2, 0) is 0 Å². The van der Waals surface area contributed by atoms with Crippen LogP contribution >= 0.6 is 0 Å². The number of phenols is 1. The van der Waals surface area contributed by atoms with Crippen LogP contribution in [0.2, 0.25) is 0 Å². The molecule has 4 nitrogen and oxygen atoms in total. The van der Waals surface area contributed by atoms with E-state index in [9.17, 15) is 5.11 Å². The molecule has 0 saturated heterocycles. The van der Waals surface area contributed by atoms with Gasteiger partial charge in [0.2, 0.25) is 0 Å². The van der Waals surface area contributed by atoms with Crippen LogP contribution in [0.25, 0.3) is 17.0 Å². The van der Waals surface area contributed by atoms with Crippen molar-refractivity contribution in [2.75, 3.05) is 12.4 Å². The number of allylic oxidation sites excluding steroid dienone is 1. The van der Waals surface area contributed by atoms with Crippen LogP contribution < -0.4 is 5.32 Å². The number of phenolic OH excluding ortho intramolecular Hbond substituents is 1. The average Bonchev–Trinajstić information content (AvgIpc) is 2.59. The highest BCUT2D eigenvalue weighted by Crippen LogP contribution is 2.18. The first-order valence-corrected chi connectivity index (χ1v) is 7.16. The van der Waals surface area contributed by atoms with Crippen molar-refractivity contribution >= 4 is 22.8 Å². The molecular weight excluding hydrogens is 285 g/mol. The van der Waals surface area contributed by atoms with E-state index in [-0.39, 0.29) is 5.75 Å². The van der Waals surface area contributed by atoms with Crippen LogP contribution in [0.1, 0.15) is 11.3 Å². The van der Waals surface area contributed by atoms with E-state index < -0.39 is 0 Å². The van der Waals surface area contributed by atoms with Gasteiger partial charge in [0.1, 0.15) is 11.6 Å². The van der Waals surface area contributed by atoms with Crippen LogP contribution in [0.3, 0.4) is 0 Å². The fourth-order valence-corrected chi connectivity index (χ4v) is 2.09. The van der Waals surface area contributed by atoms with Crippen molar-refractivity contribution in [3.63, 3.8) is 0 Å². The SMILES string of the molecule is [11CH3]Nc1ccc(C#C/C=C/c2ccc3cc(O)ccc3n2)cn1. The zero-order valence-corrected chi connectivity index (χ0v) is 12.6. The maximum atomic E-state index is 9.44. The average molecular weight is 300 g/mol. The summed E-state index contributed by atoms with van der Waals surface area (Å²) in [5.41, 5.74) is 2.52. The molecule has 0 atom stereocenters. The number of pyridine rings is 2. The second-order valence-electron chi connectivity index (χ2n) is 4.90. The molecule has 0 aliphatic heterocycles. The number of fused-ring (bicyclic) bond motifs is 1. The first-order valence-electron chi connectivity index (χ1n) is 7.16. The Kier molecular flexibility index (Phi) is 4.21. The Balaban J connectivity index is 1.75. The highest BCUT2D eigenvalue weighted by molar-refractivity contribution is 5.81. The summed E-state index contributed by atoms with van der Waals surface area (Å²) >= 11 is 0. The first-order chi connectivity index (χ1) is 11.2. The second-order valence-corrected chi connectivity index (χ2v) is 4.90. The normalized spacial score (nSPS) is 10.5. The number of aromatic nitrogens is 2. The van der Waals surface area contributed by atoms with Gasteiger partial charge in [-0.15, -0.1) is 0 Å². The van der Waals surface area contributed by atoms with Crippen LogP contribution in [0.15, 0.2) is 54.7 Å². The van der Waals surface area contributed by atoms with Crippen LogP contribution in [0.4, 0.5) is 5.82 Å². The minimum Gasteiger partial charge on any atom is -0.508 e. The summed E-state index contributed by atoms with van der Waals surface area (Å²) in [5.74, 6) is 7.06. The fourth-order valence-electron chi connectivity index (χ4n) is 2.09. The van der Waals surface area contributed by atoms with Crippen molar-refractivity contribution in [2.45, 2.75) is 0 Å². The molecule has 3 aromatic rings. The van der Waals surface area contributed by atoms with Gasteiger partial charge in [0, 0.05) is 24.2 Å². The van der Waals surface area contributed by atoms with Crippen LogP contribution in [0.5, 0.6) is 5.75 Å². The van der Waals surface area contributed by atoms with E-state index in [1.165, 1.54) is 0 Å². The van der Waals surface area contributed by atoms with E-state index >= 15 is 0 Å². The van der Waals surface area contributed by atoms with Crippen LogP contribution in [-0.4, -0.2) is 22.1 Å². The fraction of sp³-hybridized carbons (Fsp3) is 0.0526. The number of hydrogen-bond donors (Lipinski definition) is 2. The number of anilines is 1. The Morgan fingerprint density at radius 3 is 2.83 bits per heavy atom. The zero-order chi connectivity index (χ0) is 16.1. The third-order valence-corrected chi connectivity index (χ3v) is 3.27. The molecule has 0 amide bonds. The summed E-state index contributed by atoms with van der Waals surface area (Å²) < 4.78 is 0. The molecule has 0 saturated carbocycles. The maximum absolute atomic E-state index is 9.44. The summed E-state index contributed by atoms with van der Waals surface area (Å²) in [4.78, 5) is 8.70. The summed E-state index contributed by atoms with van der Waals surface area (Å²) in [6.45, 7) is 0. The number of hydrogen-bond acceptors (Lipinski definition) is 4. The number of aromatic hydroxyl groups is 1. The van der Waals surface area contributed by atoms with Gasteiger partial charge >= 0.3 is 0 Å². The van der Waals surface area contributed by atoms with Gasteiger partial charge in [0.15, 0.2) is 0 Å². The highest BCUT2D eigenvalue weighted by Gasteiger charge is 1.97. The number of benzene rings is 1. The molecule has 0 spiro atoms. The minimum absolute atomic E-state index is 0.242. The topological polar surface area (TPSA) is 58.0 Å². The molecule has 2 N–H and O–H groups in total. The monoisotopic (exact) mass is 300 g/mol. The van der Waals surface area contributed by atoms with E-state index in [0.29, 0.717) is 0 Å². The van der Waals surface area contributed by atoms with Gasteiger partial charge in [-0.05, 0) is 48.6 Å². The van der Waals surface area contributed by atoms with Crippen molar-refractivity contribution in [2.24, 2.45) is 0 Å². The molecule has 0 aliphatic carbocycles. The van der Waals surface area contributed by atoms with Crippen molar-refractivity contribution in [1.29, 1.82) is 0 Å². The molecule has 1 aromatic carbocycles. The predicted molar refractivity (Wildman–Crippen MR) is 93.1 cm³/mol. The molecule has 112 valence electrons. The Hall–Kier alpha value is -3.32. The van der Waals surface area contributed by atoms with Gasteiger partial charge in [0.25, 0.3) is 0 Å². The largest absolute Gasteiger partial charge is 0.508 e. The van der Waals surface area contributed by atoms with Gasteiger partial charge < -0.3 is 10.4 Å². The van der Waals surface area contributed by atoms with Crippen molar-refractivity contribution in [1.82, 2.24) is 9.97 Å². The van der Waals surface area contributed by atoms with Crippen molar-refractivity contribution in [3.05, 3.63) is 66.0 Å². The van der Waals surface area contributed by atoms with Gasteiger partial charge in [0.05, 0.1) is 11.2 Å². The highest BCUT2D eigenvalue weighted by atomic mass is 16.3. The smallest absolute Gasteiger partial charge is 0.125 e.